The van der Waals surface area contributed by atoms with E-state index in [0.717, 1.165) is 5.69 Å². The SMILES string of the molecule is O=C(Nc1ccc(-n2ccnc2)cc1)C1CCN(S(=O)(=O)c2cccnc2)CC1. The third kappa shape index (κ3) is 4.20. The molecule has 2 aromatic heterocycles. The Hall–Kier alpha value is -3.04. The van der Waals surface area contributed by atoms with Gasteiger partial charge in [0.15, 0.2) is 0 Å². The zero-order valence-corrected chi connectivity index (χ0v) is 16.5. The van der Waals surface area contributed by atoms with Gasteiger partial charge in [-0.1, -0.05) is 0 Å². The number of imidazole rings is 1. The topological polar surface area (TPSA) is 97.2 Å². The molecule has 0 bridgehead atoms. The zero-order valence-electron chi connectivity index (χ0n) is 15.7. The molecular formula is C20H21N5O3S. The van der Waals surface area contributed by atoms with Gasteiger partial charge in [0.2, 0.25) is 15.9 Å². The van der Waals surface area contributed by atoms with Crippen LogP contribution in [0.4, 0.5) is 5.69 Å². The molecule has 3 heterocycles. The number of nitrogens with zero attached hydrogens (tertiary/aromatic N) is 4. The molecule has 0 atom stereocenters. The van der Waals surface area contributed by atoms with E-state index < -0.39 is 10.0 Å². The van der Waals surface area contributed by atoms with Crippen molar-refractivity contribution in [2.45, 2.75) is 17.7 Å². The van der Waals surface area contributed by atoms with Crippen LogP contribution in [0, 0.1) is 5.92 Å². The maximum Gasteiger partial charge on any atom is 0.244 e. The average Bonchev–Trinajstić information content (AvgIpc) is 3.30. The van der Waals surface area contributed by atoms with E-state index in [1.807, 2.05) is 35.0 Å². The lowest BCUT2D eigenvalue weighted by molar-refractivity contribution is -0.120. The van der Waals surface area contributed by atoms with Gasteiger partial charge in [-0.05, 0) is 49.2 Å². The van der Waals surface area contributed by atoms with Crippen molar-refractivity contribution in [1.29, 1.82) is 0 Å². The first kappa shape index (κ1) is 19.3. The maximum absolute atomic E-state index is 12.7. The summed E-state index contributed by atoms with van der Waals surface area (Å²) in [4.78, 5) is 20.7. The van der Waals surface area contributed by atoms with Gasteiger partial charge in [0, 0.05) is 55.2 Å². The van der Waals surface area contributed by atoms with Gasteiger partial charge in [-0.2, -0.15) is 4.31 Å². The summed E-state index contributed by atoms with van der Waals surface area (Å²) in [6.45, 7) is 0.629. The number of rotatable bonds is 5. The molecule has 1 amide bonds. The summed E-state index contributed by atoms with van der Waals surface area (Å²) in [7, 11) is -3.56. The van der Waals surface area contributed by atoms with Crippen LogP contribution in [-0.4, -0.2) is 46.3 Å². The minimum Gasteiger partial charge on any atom is -0.326 e. The molecule has 4 rings (SSSR count). The van der Waals surface area contributed by atoms with E-state index in [9.17, 15) is 13.2 Å². The number of pyridine rings is 1. The van der Waals surface area contributed by atoms with Crippen molar-refractivity contribution in [3.8, 4) is 5.69 Å². The minimum absolute atomic E-state index is 0.0844. The molecule has 8 nitrogen and oxygen atoms in total. The van der Waals surface area contributed by atoms with Crippen LogP contribution >= 0.6 is 0 Å². The van der Waals surface area contributed by atoms with E-state index in [1.165, 1.54) is 22.8 Å². The highest BCUT2D eigenvalue weighted by molar-refractivity contribution is 7.89. The van der Waals surface area contributed by atoms with Gasteiger partial charge in [-0.25, -0.2) is 13.4 Å². The third-order valence-corrected chi connectivity index (χ3v) is 6.92. The predicted molar refractivity (Wildman–Crippen MR) is 108 cm³/mol. The Bertz CT molecular complexity index is 1060. The Morgan fingerprint density at radius 1 is 1.03 bits per heavy atom. The van der Waals surface area contributed by atoms with Crippen LogP contribution in [0.5, 0.6) is 0 Å². The van der Waals surface area contributed by atoms with Gasteiger partial charge >= 0.3 is 0 Å². The van der Waals surface area contributed by atoms with Crippen molar-refractivity contribution >= 4 is 21.6 Å². The molecule has 0 aliphatic carbocycles. The van der Waals surface area contributed by atoms with E-state index in [1.54, 1.807) is 18.6 Å². The molecule has 1 saturated heterocycles. The number of nitrogens with one attached hydrogen (secondary N) is 1. The molecule has 0 saturated carbocycles. The number of amides is 1. The number of anilines is 1. The van der Waals surface area contributed by atoms with E-state index >= 15 is 0 Å². The Morgan fingerprint density at radius 2 is 1.79 bits per heavy atom. The molecule has 150 valence electrons. The lowest BCUT2D eigenvalue weighted by atomic mass is 9.97. The largest absolute Gasteiger partial charge is 0.326 e. The molecule has 0 unspecified atom stereocenters. The highest BCUT2D eigenvalue weighted by Gasteiger charge is 2.32. The molecule has 1 aromatic carbocycles. The number of carbonyl (C=O) groups is 1. The molecule has 9 heteroatoms. The molecule has 1 N–H and O–H groups in total. The van der Waals surface area contributed by atoms with E-state index in [4.69, 9.17) is 0 Å². The highest BCUT2D eigenvalue weighted by atomic mass is 32.2. The number of benzene rings is 1. The van der Waals surface area contributed by atoms with Crippen LogP contribution in [0.25, 0.3) is 5.69 Å². The van der Waals surface area contributed by atoms with Crippen molar-refractivity contribution in [2.24, 2.45) is 5.92 Å². The number of aromatic nitrogens is 3. The molecular weight excluding hydrogens is 390 g/mol. The summed E-state index contributed by atoms with van der Waals surface area (Å²) < 4.78 is 28.6. The second-order valence-corrected chi connectivity index (χ2v) is 8.81. The van der Waals surface area contributed by atoms with Crippen molar-refractivity contribution in [3.05, 3.63) is 67.5 Å². The summed E-state index contributed by atoms with van der Waals surface area (Å²) in [5, 5.41) is 2.93. The van der Waals surface area contributed by atoms with Crippen LogP contribution in [0.1, 0.15) is 12.8 Å². The summed E-state index contributed by atoms with van der Waals surface area (Å²) in [5.41, 5.74) is 1.67. The second-order valence-electron chi connectivity index (χ2n) is 6.87. The first-order chi connectivity index (χ1) is 14.0. The van der Waals surface area contributed by atoms with Crippen molar-refractivity contribution in [1.82, 2.24) is 18.8 Å². The van der Waals surface area contributed by atoms with Gasteiger partial charge in [0.1, 0.15) is 4.90 Å². The standard InChI is InChI=1S/C20H21N5O3S/c26-20(23-17-3-5-18(6-4-17)24-13-10-22-15-24)16-7-11-25(12-8-16)29(27,28)19-2-1-9-21-14-19/h1-6,9-10,13-16H,7-8,11-12H2,(H,23,26). The van der Waals surface area contributed by atoms with Crippen LogP contribution in [0.15, 0.2) is 72.4 Å². The van der Waals surface area contributed by atoms with Gasteiger partial charge < -0.3 is 9.88 Å². The quantitative estimate of drug-likeness (QED) is 0.695. The van der Waals surface area contributed by atoms with Crippen LogP contribution in [0.2, 0.25) is 0 Å². The summed E-state index contributed by atoms with van der Waals surface area (Å²) in [6, 6.07) is 10.6. The number of hydrogen-bond acceptors (Lipinski definition) is 5. The fraction of sp³-hybridized carbons (Fsp3) is 0.250. The molecule has 0 spiro atoms. The Morgan fingerprint density at radius 3 is 2.41 bits per heavy atom. The fourth-order valence-corrected chi connectivity index (χ4v) is 4.81. The third-order valence-electron chi connectivity index (χ3n) is 5.03. The first-order valence-electron chi connectivity index (χ1n) is 9.33. The predicted octanol–water partition coefficient (Wildman–Crippen LogP) is 2.31. The molecule has 1 aliphatic heterocycles. The number of hydrogen-bond donors (Lipinski definition) is 1. The van der Waals surface area contributed by atoms with Gasteiger partial charge in [-0.3, -0.25) is 9.78 Å². The van der Waals surface area contributed by atoms with Crippen molar-refractivity contribution in [3.63, 3.8) is 0 Å². The van der Waals surface area contributed by atoms with Crippen LogP contribution < -0.4 is 5.32 Å². The molecule has 29 heavy (non-hydrogen) atoms. The van der Waals surface area contributed by atoms with Crippen LogP contribution in [-0.2, 0) is 14.8 Å². The Labute approximate surface area is 169 Å². The normalized spacial score (nSPS) is 15.9. The number of piperidine rings is 1. The number of carbonyl (C=O) groups excluding carboxylic acids is 1. The number of sulfonamides is 1. The maximum atomic E-state index is 12.7. The van der Waals surface area contributed by atoms with Gasteiger partial charge in [0.05, 0.1) is 6.33 Å². The Balaban J connectivity index is 1.34. The second kappa shape index (κ2) is 8.14. The highest BCUT2D eigenvalue weighted by Crippen LogP contribution is 2.24. The van der Waals surface area contributed by atoms with E-state index in [0.29, 0.717) is 31.6 Å². The van der Waals surface area contributed by atoms with Gasteiger partial charge in [-0.15, -0.1) is 0 Å². The van der Waals surface area contributed by atoms with Crippen LogP contribution in [0.3, 0.4) is 0 Å². The van der Waals surface area contributed by atoms with Crippen molar-refractivity contribution < 1.29 is 13.2 Å². The fourth-order valence-electron chi connectivity index (χ4n) is 3.38. The van der Waals surface area contributed by atoms with Gasteiger partial charge in [0.25, 0.3) is 0 Å². The lowest BCUT2D eigenvalue weighted by Gasteiger charge is -2.30. The summed E-state index contributed by atoms with van der Waals surface area (Å²) in [5.74, 6) is -0.303. The molecule has 0 radical (unpaired) electrons. The first-order valence-corrected chi connectivity index (χ1v) is 10.8. The molecule has 1 aliphatic rings. The minimum atomic E-state index is -3.56. The molecule has 1 fully saturated rings. The van der Waals surface area contributed by atoms with E-state index in [-0.39, 0.29) is 16.7 Å². The summed E-state index contributed by atoms with van der Waals surface area (Å²) in [6.07, 6.45) is 9.12. The van der Waals surface area contributed by atoms with E-state index in [2.05, 4.69) is 15.3 Å². The average molecular weight is 411 g/mol. The lowest BCUT2D eigenvalue weighted by Crippen LogP contribution is -2.41. The van der Waals surface area contributed by atoms with Crippen molar-refractivity contribution in [2.75, 3.05) is 18.4 Å². The zero-order chi connectivity index (χ0) is 20.3. The monoisotopic (exact) mass is 411 g/mol. The Kier molecular flexibility index (Phi) is 5.41. The smallest absolute Gasteiger partial charge is 0.244 e. The molecule has 3 aromatic rings. The summed E-state index contributed by atoms with van der Waals surface area (Å²) >= 11 is 0.